The lowest BCUT2D eigenvalue weighted by Crippen LogP contribution is -2.54. The number of carbonyl (C=O) groups is 3. The third-order valence-electron chi connectivity index (χ3n) is 7.96. The van der Waals surface area contributed by atoms with E-state index >= 15 is 0 Å². The monoisotopic (exact) mass is 500 g/mol. The summed E-state index contributed by atoms with van der Waals surface area (Å²) in [6, 6.07) is 9.07. The molecule has 3 aliphatic heterocycles. The molecule has 2 N–H and O–H groups in total. The molecular formula is C27H36N2O5S. The van der Waals surface area contributed by atoms with Gasteiger partial charge >= 0.3 is 5.97 Å². The predicted octanol–water partition coefficient (Wildman–Crippen LogP) is 3.32. The number of hydrogen-bond donors (Lipinski definition) is 2. The molecule has 1 spiro atoms. The van der Waals surface area contributed by atoms with Crippen LogP contribution in [0.3, 0.4) is 0 Å². The predicted molar refractivity (Wildman–Crippen MR) is 136 cm³/mol. The van der Waals surface area contributed by atoms with Crippen LogP contribution in [0.2, 0.25) is 0 Å². The highest BCUT2D eigenvalue weighted by Gasteiger charge is 2.77. The number of benzene rings is 1. The number of hydrogen-bond acceptors (Lipinski definition) is 5. The minimum absolute atomic E-state index is 0.122. The number of aliphatic carboxylic acids is 1. The van der Waals surface area contributed by atoms with Gasteiger partial charge in [0.05, 0.1) is 16.6 Å². The minimum Gasteiger partial charge on any atom is -0.481 e. The van der Waals surface area contributed by atoms with Gasteiger partial charge in [0.1, 0.15) is 6.04 Å². The van der Waals surface area contributed by atoms with Crippen molar-refractivity contribution in [3.8, 4) is 0 Å². The van der Waals surface area contributed by atoms with Crippen LogP contribution in [0.5, 0.6) is 0 Å². The van der Waals surface area contributed by atoms with E-state index in [2.05, 4.69) is 6.58 Å². The summed E-state index contributed by atoms with van der Waals surface area (Å²) in [5.74, 6) is -2.72. The fourth-order valence-electron chi connectivity index (χ4n) is 6.43. The second kappa shape index (κ2) is 10.3. The molecule has 3 fully saturated rings. The van der Waals surface area contributed by atoms with E-state index in [4.69, 9.17) is 5.11 Å². The number of aliphatic hydroxyl groups is 1. The molecule has 1 aromatic rings. The van der Waals surface area contributed by atoms with Gasteiger partial charge in [-0.3, -0.25) is 14.4 Å². The molecule has 2 bridgehead atoms. The van der Waals surface area contributed by atoms with Crippen LogP contribution in [-0.4, -0.2) is 73.0 Å². The Labute approximate surface area is 211 Å². The summed E-state index contributed by atoms with van der Waals surface area (Å²) in [6.45, 7) is 7.12. The molecule has 3 aliphatic rings. The van der Waals surface area contributed by atoms with Crippen molar-refractivity contribution in [2.75, 3.05) is 19.7 Å². The molecule has 8 heteroatoms. The Kier molecular flexibility index (Phi) is 7.62. The second-order valence-electron chi connectivity index (χ2n) is 10.2. The summed E-state index contributed by atoms with van der Waals surface area (Å²) < 4.78 is -1.26. The first kappa shape index (κ1) is 25.8. The van der Waals surface area contributed by atoms with Crippen LogP contribution in [0.4, 0.5) is 0 Å². The van der Waals surface area contributed by atoms with Gasteiger partial charge in [0.2, 0.25) is 11.8 Å². The normalized spacial score (nSPS) is 31.0. The average molecular weight is 501 g/mol. The lowest BCUT2D eigenvalue weighted by atomic mass is 9.66. The highest BCUT2D eigenvalue weighted by molar-refractivity contribution is 8.02. The molecule has 0 aromatic heterocycles. The number of carboxylic acid groups (broad SMARTS) is 1. The van der Waals surface area contributed by atoms with Crippen LogP contribution in [0.15, 0.2) is 43.0 Å². The molecule has 3 heterocycles. The maximum absolute atomic E-state index is 14.2. The maximum Gasteiger partial charge on any atom is 0.308 e. The molecule has 3 saturated heterocycles. The Morgan fingerprint density at radius 3 is 2.57 bits per heavy atom. The van der Waals surface area contributed by atoms with E-state index < -0.39 is 33.3 Å². The summed E-state index contributed by atoms with van der Waals surface area (Å²) in [5.41, 5.74) is 0.996. The molecule has 5 atom stereocenters. The van der Waals surface area contributed by atoms with Crippen molar-refractivity contribution in [3.05, 3.63) is 48.6 Å². The number of nitrogens with zero attached hydrogens (tertiary/aromatic N) is 2. The van der Waals surface area contributed by atoms with Gasteiger partial charge in [-0.2, -0.15) is 0 Å². The fourth-order valence-corrected chi connectivity index (χ4v) is 8.78. The Morgan fingerprint density at radius 1 is 1.20 bits per heavy atom. The number of carbonyl (C=O) groups excluding carboxylic acids is 2. The van der Waals surface area contributed by atoms with Crippen molar-refractivity contribution < 1.29 is 24.6 Å². The minimum atomic E-state index is -0.942. The van der Waals surface area contributed by atoms with Crippen molar-refractivity contribution >= 4 is 29.5 Å². The van der Waals surface area contributed by atoms with Crippen LogP contribution < -0.4 is 0 Å². The van der Waals surface area contributed by atoms with Gasteiger partial charge in [-0.05, 0) is 38.2 Å². The van der Waals surface area contributed by atoms with E-state index in [1.165, 1.54) is 0 Å². The SMILES string of the molecule is C=CCN(Cc1ccccc1)C(=O)C1N(CCCCCCO)C(=O)[C@@H]2[C@H](C(=O)O)[C@]3(C)CCC12S3. The van der Waals surface area contributed by atoms with E-state index in [0.717, 1.165) is 24.8 Å². The fraction of sp³-hybridized carbons (Fsp3) is 0.593. The summed E-state index contributed by atoms with van der Waals surface area (Å²) in [4.78, 5) is 43.9. The van der Waals surface area contributed by atoms with Gasteiger partial charge in [-0.25, -0.2) is 0 Å². The lowest BCUT2D eigenvalue weighted by Gasteiger charge is -2.37. The first-order valence-electron chi connectivity index (χ1n) is 12.6. The highest BCUT2D eigenvalue weighted by Crippen LogP contribution is 2.71. The van der Waals surface area contributed by atoms with Gasteiger partial charge in [-0.15, -0.1) is 18.3 Å². The quantitative estimate of drug-likeness (QED) is 0.338. The molecule has 1 aromatic carbocycles. The molecule has 0 aliphatic carbocycles. The zero-order valence-electron chi connectivity index (χ0n) is 20.4. The Hall–Kier alpha value is -2.32. The van der Waals surface area contributed by atoms with E-state index in [1.54, 1.807) is 27.6 Å². The lowest BCUT2D eigenvalue weighted by molar-refractivity contribution is -0.150. The standard InChI is InChI=1S/C27H36N2O5S/c1-3-15-28(18-19-11-7-6-8-12-19)24(32)22-27-14-13-26(2,35-27)21(25(33)34)20(27)23(31)29(22)16-9-4-5-10-17-30/h3,6-8,11-12,20-22,30H,1,4-5,9-10,13-18H2,2H3,(H,33,34)/t20-,21+,22?,26-,27?/m0/s1. The van der Waals surface area contributed by atoms with Crippen LogP contribution in [-0.2, 0) is 20.9 Å². The van der Waals surface area contributed by atoms with E-state index in [9.17, 15) is 19.5 Å². The molecule has 2 amide bonds. The first-order valence-corrected chi connectivity index (χ1v) is 13.4. The largest absolute Gasteiger partial charge is 0.481 e. The molecule has 7 nitrogen and oxygen atoms in total. The van der Waals surface area contributed by atoms with Crippen LogP contribution >= 0.6 is 11.8 Å². The third-order valence-corrected chi connectivity index (χ3v) is 9.95. The number of likely N-dealkylation sites (tertiary alicyclic amines) is 1. The van der Waals surface area contributed by atoms with Crippen molar-refractivity contribution in [2.24, 2.45) is 11.8 Å². The smallest absolute Gasteiger partial charge is 0.308 e. The Bertz CT molecular complexity index is 972. The van der Waals surface area contributed by atoms with Crippen molar-refractivity contribution in [1.29, 1.82) is 0 Å². The van der Waals surface area contributed by atoms with Crippen molar-refractivity contribution in [3.63, 3.8) is 0 Å². The van der Waals surface area contributed by atoms with Gasteiger partial charge in [0, 0.05) is 31.0 Å². The van der Waals surface area contributed by atoms with E-state index in [-0.39, 0.29) is 18.4 Å². The number of amides is 2. The topological polar surface area (TPSA) is 98.2 Å². The van der Waals surface area contributed by atoms with Crippen molar-refractivity contribution in [2.45, 2.75) is 67.5 Å². The zero-order chi connectivity index (χ0) is 25.2. The van der Waals surface area contributed by atoms with Gasteiger partial charge in [0.15, 0.2) is 0 Å². The van der Waals surface area contributed by atoms with Gasteiger partial charge < -0.3 is 20.0 Å². The average Bonchev–Trinajstić information content (AvgIpc) is 3.40. The Balaban J connectivity index is 1.67. The van der Waals surface area contributed by atoms with E-state index in [1.807, 2.05) is 37.3 Å². The van der Waals surface area contributed by atoms with Crippen LogP contribution in [0.1, 0.15) is 51.0 Å². The number of thioether (sulfide) groups is 1. The molecule has 0 radical (unpaired) electrons. The summed E-state index contributed by atoms with van der Waals surface area (Å²) in [6.07, 6.45) is 6.18. The van der Waals surface area contributed by atoms with Gasteiger partial charge in [0.25, 0.3) is 0 Å². The second-order valence-corrected chi connectivity index (χ2v) is 12.1. The van der Waals surface area contributed by atoms with Crippen LogP contribution in [0.25, 0.3) is 0 Å². The first-order chi connectivity index (χ1) is 16.8. The highest BCUT2D eigenvalue weighted by atomic mass is 32.2. The number of unbranched alkanes of at least 4 members (excludes halogenated alkanes) is 3. The summed E-state index contributed by atoms with van der Waals surface area (Å²) >= 11 is 1.57. The molecule has 4 rings (SSSR count). The zero-order valence-corrected chi connectivity index (χ0v) is 21.2. The summed E-state index contributed by atoms with van der Waals surface area (Å²) in [5, 5.41) is 19.2. The molecule has 0 saturated carbocycles. The molecule has 2 unspecified atom stereocenters. The number of aliphatic hydroxyl groups excluding tert-OH is 1. The Morgan fingerprint density at radius 2 is 1.91 bits per heavy atom. The van der Waals surface area contributed by atoms with Crippen molar-refractivity contribution in [1.82, 2.24) is 9.80 Å². The van der Waals surface area contributed by atoms with Gasteiger partial charge in [-0.1, -0.05) is 49.2 Å². The maximum atomic E-state index is 14.2. The van der Waals surface area contributed by atoms with Crippen LogP contribution in [0, 0.1) is 11.8 Å². The number of fused-ring (bicyclic) bond motifs is 1. The number of carboxylic acids is 1. The molecule has 35 heavy (non-hydrogen) atoms. The third kappa shape index (κ3) is 4.51. The summed E-state index contributed by atoms with van der Waals surface area (Å²) in [7, 11) is 0. The van der Waals surface area contributed by atoms with E-state index in [0.29, 0.717) is 38.9 Å². The molecule has 190 valence electrons. The molecular weight excluding hydrogens is 464 g/mol. The number of rotatable bonds is 12.